The highest BCUT2D eigenvalue weighted by molar-refractivity contribution is 5.94. The van der Waals surface area contributed by atoms with Gasteiger partial charge in [-0.1, -0.05) is 5.11 Å². The Kier molecular flexibility index (Phi) is 3.58. The quantitative estimate of drug-likeness (QED) is 0.487. The van der Waals surface area contributed by atoms with Crippen LogP contribution in [0.5, 0.6) is 0 Å². The maximum absolute atomic E-state index is 11.8. The molecule has 0 aromatic carbocycles. The van der Waals surface area contributed by atoms with Crippen molar-refractivity contribution in [1.82, 2.24) is 9.97 Å². The summed E-state index contributed by atoms with van der Waals surface area (Å²) in [5.41, 5.74) is 8.20. The maximum atomic E-state index is 11.8. The van der Waals surface area contributed by atoms with Crippen LogP contribution in [0.4, 0.5) is 5.95 Å². The van der Waals surface area contributed by atoms with E-state index in [2.05, 4.69) is 20.0 Å². The molecular formula is C10H10N6O3. The molecule has 9 heteroatoms. The molecule has 0 radical (unpaired) electrons. The lowest BCUT2D eigenvalue weighted by molar-refractivity contribution is -0.117. The second-order valence-electron chi connectivity index (χ2n) is 4.06. The minimum absolute atomic E-state index is 0.0407. The number of anilines is 1. The van der Waals surface area contributed by atoms with E-state index in [4.69, 9.17) is 10.6 Å². The summed E-state index contributed by atoms with van der Waals surface area (Å²) in [6.45, 7) is 0.607. The first kappa shape index (κ1) is 12.8. The van der Waals surface area contributed by atoms with Crippen LogP contribution >= 0.6 is 0 Å². The number of aromatic carboxylic acids is 1. The molecule has 0 aliphatic carbocycles. The number of hydrogen-bond donors (Lipinski definition) is 1. The Labute approximate surface area is 107 Å². The molecule has 1 fully saturated rings. The van der Waals surface area contributed by atoms with Crippen molar-refractivity contribution in [3.63, 3.8) is 0 Å². The second-order valence-corrected chi connectivity index (χ2v) is 4.06. The summed E-state index contributed by atoms with van der Waals surface area (Å²) in [7, 11) is 0. The zero-order chi connectivity index (χ0) is 13.8. The molecule has 1 atom stereocenters. The van der Waals surface area contributed by atoms with Gasteiger partial charge >= 0.3 is 5.97 Å². The molecule has 98 valence electrons. The van der Waals surface area contributed by atoms with Crippen molar-refractivity contribution in [1.29, 1.82) is 0 Å². The average Bonchev–Trinajstić information content (AvgIpc) is 2.77. The highest BCUT2D eigenvalue weighted by atomic mass is 16.4. The van der Waals surface area contributed by atoms with E-state index < -0.39 is 5.97 Å². The number of aromatic nitrogens is 2. The summed E-state index contributed by atoms with van der Waals surface area (Å²) in [5, 5.41) is 12.2. The second kappa shape index (κ2) is 5.32. The minimum atomic E-state index is -1.12. The number of rotatable bonds is 4. The molecule has 2 heterocycles. The van der Waals surface area contributed by atoms with Gasteiger partial charge in [-0.05, 0) is 11.4 Å². The molecule has 1 saturated heterocycles. The molecule has 1 aromatic rings. The summed E-state index contributed by atoms with van der Waals surface area (Å²) in [5.74, 6) is -1.19. The molecule has 1 amide bonds. The topological polar surface area (TPSA) is 132 Å². The van der Waals surface area contributed by atoms with Crippen molar-refractivity contribution in [2.75, 3.05) is 18.0 Å². The van der Waals surface area contributed by atoms with E-state index in [-0.39, 0.29) is 36.3 Å². The number of hydrogen-bond acceptors (Lipinski definition) is 5. The van der Waals surface area contributed by atoms with Crippen LogP contribution in [0.3, 0.4) is 0 Å². The number of carboxylic acid groups (broad SMARTS) is 1. The van der Waals surface area contributed by atoms with E-state index in [0.717, 1.165) is 12.4 Å². The summed E-state index contributed by atoms with van der Waals surface area (Å²) >= 11 is 0. The van der Waals surface area contributed by atoms with E-state index in [0.29, 0.717) is 6.54 Å². The normalized spacial score (nSPS) is 18.2. The molecule has 19 heavy (non-hydrogen) atoms. The number of carbonyl (C=O) groups is 2. The van der Waals surface area contributed by atoms with Crippen molar-refractivity contribution in [2.24, 2.45) is 11.0 Å². The van der Waals surface area contributed by atoms with E-state index >= 15 is 0 Å². The van der Waals surface area contributed by atoms with Gasteiger partial charge in [-0.2, -0.15) is 0 Å². The van der Waals surface area contributed by atoms with Crippen molar-refractivity contribution < 1.29 is 14.7 Å². The lowest BCUT2D eigenvalue weighted by atomic mass is 10.1. The van der Waals surface area contributed by atoms with Crippen LogP contribution in [0.2, 0.25) is 0 Å². The van der Waals surface area contributed by atoms with Crippen LogP contribution in [-0.2, 0) is 4.79 Å². The van der Waals surface area contributed by atoms with Crippen molar-refractivity contribution in [3.05, 3.63) is 28.4 Å². The third-order valence-corrected chi connectivity index (χ3v) is 2.73. The number of amides is 1. The van der Waals surface area contributed by atoms with Gasteiger partial charge < -0.3 is 5.11 Å². The largest absolute Gasteiger partial charge is 0.478 e. The van der Waals surface area contributed by atoms with Gasteiger partial charge in [0.15, 0.2) is 0 Å². The Morgan fingerprint density at radius 3 is 2.84 bits per heavy atom. The number of carboxylic acids is 1. The standard InChI is InChI=1S/C10H10N6O3/c11-15-14-2-6-1-8(17)16(5-6)10-12-3-7(4-13-10)9(18)19/h3-4,6H,1-2,5H2,(H,18,19). The first-order valence-corrected chi connectivity index (χ1v) is 5.48. The first-order valence-electron chi connectivity index (χ1n) is 5.48. The van der Waals surface area contributed by atoms with Crippen LogP contribution in [0.15, 0.2) is 17.5 Å². The highest BCUT2D eigenvalue weighted by Gasteiger charge is 2.31. The van der Waals surface area contributed by atoms with Crippen molar-refractivity contribution in [2.45, 2.75) is 6.42 Å². The zero-order valence-corrected chi connectivity index (χ0v) is 9.80. The van der Waals surface area contributed by atoms with E-state index in [9.17, 15) is 9.59 Å². The van der Waals surface area contributed by atoms with Gasteiger partial charge in [0.25, 0.3) is 0 Å². The van der Waals surface area contributed by atoms with Gasteiger partial charge in [0, 0.05) is 36.8 Å². The number of azide groups is 1. The third kappa shape index (κ3) is 2.78. The van der Waals surface area contributed by atoms with Gasteiger partial charge in [0.05, 0.1) is 5.56 Å². The summed E-state index contributed by atoms with van der Waals surface area (Å²) in [6.07, 6.45) is 2.57. The highest BCUT2D eigenvalue weighted by Crippen LogP contribution is 2.22. The Morgan fingerprint density at radius 1 is 1.58 bits per heavy atom. The molecule has 2 rings (SSSR count). The molecule has 9 nitrogen and oxygen atoms in total. The molecule has 0 bridgehead atoms. The Bertz CT molecular complexity index is 551. The molecular weight excluding hydrogens is 252 g/mol. The molecule has 1 aliphatic heterocycles. The smallest absolute Gasteiger partial charge is 0.338 e. The van der Waals surface area contributed by atoms with E-state index in [1.807, 2.05) is 0 Å². The van der Waals surface area contributed by atoms with Gasteiger partial charge in [0.1, 0.15) is 0 Å². The third-order valence-electron chi connectivity index (χ3n) is 2.73. The summed E-state index contributed by atoms with van der Waals surface area (Å²) in [6, 6.07) is 0. The summed E-state index contributed by atoms with van der Waals surface area (Å²) in [4.78, 5) is 34.2. The van der Waals surface area contributed by atoms with Crippen LogP contribution in [0.25, 0.3) is 10.4 Å². The minimum Gasteiger partial charge on any atom is -0.478 e. The van der Waals surface area contributed by atoms with Gasteiger partial charge in [-0.25, -0.2) is 14.8 Å². The predicted octanol–water partition coefficient (Wildman–Crippen LogP) is 0.838. The fraction of sp³-hybridized carbons (Fsp3) is 0.400. The summed E-state index contributed by atoms with van der Waals surface area (Å²) < 4.78 is 0. The Hall–Kier alpha value is -2.67. The van der Waals surface area contributed by atoms with Crippen LogP contribution in [0, 0.1) is 5.92 Å². The van der Waals surface area contributed by atoms with Gasteiger partial charge in [-0.3, -0.25) is 9.69 Å². The van der Waals surface area contributed by atoms with Gasteiger partial charge in [-0.15, -0.1) is 0 Å². The monoisotopic (exact) mass is 262 g/mol. The Balaban J connectivity index is 2.11. The lowest BCUT2D eigenvalue weighted by Crippen LogP contribution is -2.27. The van der Waals surface area contributed by atoms with E-state index in [1.165, 1.54) is 4.90 Å². The average molecular weight is 262 g/mol. The Morgan fingerprint density at radius 2 is 2.26 bits per heavy atom. The first-order chi connectivity index (χ1) is 9.11. The molecule has 1 aromatic heterocycles. The van der Waals surface area contributed by atoms with E-state index in [1.54, 1.807) is 0 Å². The SMILES string of the molecule is [N-]=[N+]=NCC1CC(=O)N(c2ncc(C(=O)O)cn2)C1. The zero-order valence-electron chi connectivity index (χ0n) is 9.80. The van der Waals surface area contributed by atoms with Gasteiger partial charge in [0.2, 0.25) is 11.9 Å². The maximum Gasteiger partial charge on any atom is 0.338 e. The fourth-order valence-corrected chi connectivity index (χ4v) is 1.82. The molecule has 1 unspecified atom stereocenters. The molecule has 0 spiro atoms. The molecule has 1 aliphatic rings. The van der Waals surface area contributed by atoms with Crippen LogP contribution in [0.1, 0.15) is 16.8 Å². The number of nitrogens with zero attached hydrogens (tertiary/aromatic N) is 6. The predicted molar refractivity (Wildman–Crippen MR) is 63.5 cm³/mol. The van der Waals surface area contributed by atoms with Crippen molar-refractivity contribution >= 4 is 17.8 Å². The van der Waals surface area contributed by atoms with Crippen molar-refractivity contribution in [3.8, 4) is 0 Å². The van der Waals surface area contributed by atoms with Crippen LogP contribution < -0.4 is 4.90 Å². The lowest BCUT2D eigenvalue weighted by Gasteiger charge is -2.13. The molecule has 0 saturated carbocycles. The van der Waals surface area contributed by atoms with Crippen LogP contribution in [-0.4, -0.2) is 40.0 Å². The molecule has 1 N–H and O–H groups in total. The number of carbonyl (C=O) groups excluding carboxylic acids is 1. The fourth-order valence-electron chi connectivity index (χ4n) is 1.82.